The van der Waals surface area contributed by atoms with Crippen molar-refractivity contribution in [2.75, 3.05) is 25.0 Å². The van der Waals surface area contributed by atoms with E-state index in [1.54, 1.807) is 20.9 Å². The van der Waals surface area contributed by atoms with E-state index in [1.807, 2.05) is 53.2 Å². The third-order valence-electron chi connectivity index (χ3n) is 4.54. The SMILES string of the molecule is CC(=O)N1CC(OCC(=O)Nc2cc(-c3ccsc3)nn2-c2ccccc2)C1. The fraction of sp³-hybridized carbons (Fsp3) is 0.250. The zero-order valence-corrected chi connectivity index (χ0v) is 16.2. The smallest absolute Gasteiger partial charge is 0.251 e. The monoisotopic (exact) mass is 396 g/mol. The summed E-state index contributed by atoms with van der Waals surface area (Å²) in [5.74, 6) is 0.354. The zero-order chi connectivity index (χ0) is 19.5. The molecule has 2 amide bonds. The average molecular weight is 396 g/mol. The van der Waals surface area contributed by atoms with Gasteiger partial charge < -0.3 is 15.0 Å². The van der Waals surface area contributed by atoms with Crippen LogP contribution >= 0.6 is 11.3 Å². The predicted octanol–water partition coefficient (Wildman–Crippen LogP) is 2.79. The Labute approximate surface area is 166 Å². The highest BCUT2D eigenvalue weighted by molar-refractivity contribution is 7.08. The van der Waals surface area contributed by atoms with Crippen LogP contribution in [0.4, 0.5) is 5.82 Å². The Balaban J connectivity index is 1.46. The molecule has 8 heteroatoms. The van der Waals surface area contributed by atoms with Crippen LogP contribution in [-0.4, -0.2) is 52.3 Å². The molecule has 0 atom stereocenters. The molecule has 7 nitrogen and oxygen atoms in total. The van der Waals surface area contributed by atoms with Gasteiger partial charge in [-0.2, -0.15) is 16.4 Å². The lowest BCUT2D eigenvalue weighted by molar-refractivity contribution is -0.144. The number of para-hydroxylation sites is 1. The molecule has 3 heterocycles. The van der Waals surface area contributed by atoms with Crippen LogP contribution in [0.1, 0.15) is 6.92 Å². The maximum absolute atomic E-state index is 12.4. The minimum Gasteiger partial charge on any atom is -0.365 e. The zero-order valence-electron chi connectivity index (χ0n) is 15.4. The largest absolute Gasteiger partial charge is 0.365 e. The van der Waals surface area contributed by atoms with Gasteiger partial charge in [-0.1, -0.05) is 18.2 Å². The molecule has 0 bridgehead atoms. The highest BCUT2D eigenvalue weighted by Crippen LogP contribution is 2.26. The van der Waals surface area contributed by atoms with E-state index in [0.717, 1.165) is 16.9 Å². The van der Waals surface area contributed by atoms with Crippen molar-refractivity contribution in [3.63, 3.8) is 0 Å². The van der Waals surface area contributed by atoms with Crippen molar-refractivity contribution in [1.29, 1.82) is 0 Å². The number of likely N-dealkylation sites (tertiary alicyclic amines) is 1. The molecule has 1 saturated heterocycles. The number of benzene rings is 1. The van der Waals surface area contributed by atoms with Gasteiger partial charge in [-0.3, -0.25) is 9.59 Å². The second-order valence-corrected chi connectivity index (χ2v) is 7.36. The van der Waals surface area contributed by atoms with Crippen LogP contribution in [0.3, 0.4) is 0 Å². The van der Waals surface area contributed by atoms with E-state index in [0.29, 0.717) is 18.9 Å². The molecule has 2 aromatic heterocycles. The van der Waals surface area contributed by atoms with E-state index in [2.05, 4.69) is 10.4 Å². The quantitative estimate of drug-likeness (QED) is 0.695. The van der Waals surface area contributed by atoms with Gasteiger partial charge in [0.05, 0.1) is 17.5 Å². The topological polar surface area (TPSA) is 76.5 Å². The number of amides is 2. The summed E-state index contributed by atoms with van der Waals surface area (Å²) in [6.45, 7) is 2.53. The molecule has 1 N–H and O–H groups in total. The minimum atomic E-state index is -0.254. The summed E-state index contributed by atoms with van der Waals surface area (Å²) in [5.41, 5.74) is 2.65. The minimum absolute atomic E-state index is 0.0250. The van der Waals surface area contributed by atoms with E-state index >= 15 is 0 Å². The van der Waals surface area contributed by atoms with Crippen molar-refractivity contribution in [3.8, 4) is 16.9 Å². The summed E-state index contributed by atoms with van der Waals surface area (Å²) >= 11 is 1.60. The van der Waals surface area contributed by atoms with E-state index in [-0.39, 0.29) is 24.5 Å². The van der Waals surface area contributed by atoms with Gasteiger partial charge in [-0.05, 0) is 23.6 Å². The Hall–Kier alpha value is -2.97. The Morgan fingerprint density at radius 1 is 1.25 bits per heavy atom. The summed E-state index contributed by atoms with van der Waals surface area (Å²) < 4.78 is 7.30. The van der Waals surface area contributed by atoms with Crippen molar-refractivity contribution in [2.45, 2.75) is 13.0 Å². The molecule has 1 aromatic carbocycles. The van der Waals surface area contributed by atoms with Crippen LogP contribution in [0.2, 0.25) is 0 Å². The Bertz CT molecular complexity index is 963. The van der Waals surface area contributed by atoms with Gasteiger partial charge in [-0.15, -0.1) is 0 Å². The molecule has 0 aliphatic carbocycles. The van der Waals surface area contributed by atoms with Gasteiger partial charge in [0.1, 0.15) is 12.4 Å². The van der Waals surface area contributed by atoms with E-state index in [1.165, 1.54) is 6.92 Å². The maximum Gasteiger partial charge on any atom is 0.251 e. The highest BCUT2D eigenvalue weighted by Gasteiger charge is 2.29. The number of rotatable bonds is 6. The van der Waals surface area contributed by atoms with E-state index < -0.39 is 0 Å². The lowest BCUT2D eigenvalue weighted by atomic mass is 10.2. The lowest BCUT2D eigenvalue weighted by Gasteiger charge is -2.37. The molecule has 1 aliphatic heterocycles. The standard InChI is InChI=1S/C20H20N4O3S/c1-14(25)23-10-17(11-23)27-12-20(26)21-19-9-18(15-7-8-28-13-15)22-24(19)16-5-3-2-4-6-16/h2-9,13,17H,10-12H2,1H3,(H,21,26). The van der Waals surface area contributed by atoms with Crippen molar-refractivity contribution in [2.24, 2.45) is 0 Å². The third-order valence-corrected chi connectivity index (χ3v) is 5.22. The number of carbonyl (C=O) groups is 2. The van der Waals surface area contributed by atoms with Crippen molar-refractivity contribution in [3.05, 3.63) is 53.2 Å². The first kappa shape index (κ1) is 18.4. The van der Waals surface area contributed by atoms with Gasteiger partial charge in [0.2, 0.25) is 5.91 Å². The Morgan fingerprint density at radius 2 is 2.04 bits per heavy atom. The Kier molecular flexibility index (Phi) is 5.23. The maximum atomic E-state index is 12.4. The average Bonchev–Trinajstić information content (AvgIpc) is 3.30. The summed E-state index contributed by atoms with van der Waals surface area (Å²) in [5, 5.41) is 11.5. The molecule has 3 aromatic rings. The fourth-order valence-electron chi connectivity index (χ4n) is 2.96. The van der Waals surface area contributed by atoms with Gasteiger partial charge in [0.15, 0.2) is 0 Å². The molecular weight excluding hydrogens is 376 g/mol. The van der Waals surface area contributed by atoms with Gasteiger partial charge >= 0.3 is 0 Å². The first-order valence-electron chi connectivity index (χ1n) is 8.95. The summed E-state index contributed by atoms with van der Waals surface area (Å²) in [6.07, 6.45) is -0.0879. The predicted molar refractivity (Wildman–Crippen MR) is 108 cm³/mol. The van der Waals surface area contributed by atoms with Crippen LogP contribution in [0, 0.1) is 0 Å². The number of carbonyl (C=O) groups excluding carboxylic acids is 2. The van der Waals surface area contributed by atoms with Crippen LogP contribution in [0.25, 0.3) is 16.9 Å². The summed E-state index contributed by atoms with van der Waals surface area (Å²) in [7, 11) is 0. The fourth-order valence-corrected chi connectivity index (χ4v) is 3.61. The third kappa shape index (κ3) is 3.97. The molecule has 144 valence electrons. The molecule has 28 heavy (non-hydrogen) atoms. The van der Waals surface area contributed by atoms with Gasteiger partial charge in [-0.25, -0.2) is 4.68 Å². The lowest BCUT2D eigenvalue weighted by Crippen LogP contribution is -2.54. The first-order valence-corrected chi connectivity index (χ1v) is 9.89. The van der Waals surface area contributed by atoms with Crippen molar-refractivity contribution >= 4 is 29.0 Å². The second-order valence-electron chi connectivity index (χ2n) is 6.58. The number of nitrogens with one attached hydrogen (secondary N) is 1. The Morgan fingerprint density at radius 3 is 2.71 bits per heavy atom. The van der Waals surface area contributed by atoms with E-state index in [4.69, 9.17) is 4.74 Å². The normalized spacial score (nSPS) is 14.0. The number of thiophene rings is 1. The molecule has 1 fully saturated rings. The molecular formula is C20H20N4O3S. The van der Waals surface area contributed by atoms with Crippen LogP contribution < -0.4 is 5.32 Å². The molecule has 1 aliphatic rings. The number of aromatic nitrogens is 2. The second kappa shape index (κ2) is 7.95. The highest BCUT2D eigenvalue weighted by atomic mass is 32.1. The summed E-state index contributed by atoms with van der Waals surface area (Å²) in [4.78, 5) is 25.3. The van der Waals surface area contributed by atoms with E-state index in [9.17, 15) is 9.59 Å². The van der Waals surface area contributed by atoms with Crippen LogP contribution in [0.5, 0.6) is 0 Å². The van der Waals surface area contributed by atoms with Crippen molar-refractivity contribution < 1.29 is 14.3 Å². The molecule has 0 radical (unpaired) electrons. The molecule has 4 rings (SSSR count). The molecule has 0 unspecified atom stereocenters. The number of anilines is 1. The van der Waals surface area contributed by atoms with Crippen LogP contribution in [0.15, 0.2) is 53.2 Å². The van der Waals surface area contributed by atoms with Gasteiger partial charge in [0.25, 0.3) is 5.91 Å². The number of nitrogens with zero attached hydrogens (tertiary/aromatic N) is 3. The number of ether oxygens (including phenoxy) is 1. The number of hydrogen-bond acceptors (Lipinski definition) is 5. The molecule has 0 saturated carbocycles. The molecule has 0 spiro atoms. The van der Waals surface area contributed by atoms with Crippen LogP contribution in [-0.2, 0) is 14.3 Å². The van der Waals surface area contributed by atoms with Gasteiger partial charge in [0, 0.05) is 37.0 Å². The van der Waals surface area contributed by atoms with Crippen molar-refractivity contribution in [1.82, 2.24) is 14.7 Å². The number of hydrogen-bond donors (Lipinski definition) is 1. The first-order chi connectivity index (χ1) is 13.6. The summed E-state index contributed by atoms with van der Waals surface area (Å²) in [6, 6.07) is 13.5.